The molecule has 3 rings (SSSR count). The van der Waals surface area contributed by atoms with Gasteiger partial charge in [-0.15, -0.1) is 0 Å². The van der Waals surface area contributed by atoms with E-state index in [-0.39, 0.29) is 0 Å². The molecular weight excluding hydrogens is 416 g/mol. The highest BCUT2D eigenvalue weighted by Crippen LogP contribution is 2.29. The lowest BCUT2D eigenvalue weighted by molar-refractivity contribution is 0.0596. The summed E-state index contributed by atoms with van der Waals surface area (Å²) in [5.74, 6) is 1.46. The number of halogens is 1. The van der Waals surface area contributed by atoms with Gasteiger partial charge in [-0.2, -0.15) is 0 Å². The van der Waals surface area contributed by atoms with Crippen LogP contribution in [-0.2, 0) is 4.74 Å². The monoisotopic (exact) mass is 448 g/mol. The summed E-state index contributed by atoms with van der Waals surface area (Å²) in [5, 5.41) is 11.2. The van der Waals surface area contributed by atoms with Gasteiger partial charge in [0.2, 0.25) is 0 Å². The summed E-state index contributed by atoms with van der Waals surface area (Å²) in [7, 11) is 3.37. The van der Waals surface area contributed by atoms with Crippen molar-refractivity contribution < 1.29 is 9.47 Å². The van der Waals surface area contributed by atoms with Crippen molar-refractivity contribution >= 4 is 34.5 Å². The highest BCUT2D eigenvalue weighted by atomic mass is 35.5. The molecule has 0 bridgehead atoms. The summed E-state index contributed by atoms with van der Waals surface area (Å²) >= 11 is 6.03. The molecule has 0 aliphatic carbocycles. The standard InChI is InChI=1S/C13H19ClN2O2.C9H14N4/c1-17-10-15-5-7-16(8-6-15)11-3-4-12(14)13(9-11)18-2;1-3-12-9-8(6(2)10)4-7(11)5-13-9/h3-4,9H,5-8,10H2,1-2H3;4-5,10H,3,11H2,1-2H3,(H,12,13). The van der Waals surface area contributed by atoms with Crippen molar-refractivity contribution in [3.05, 3.63) is 41.0 Å². The minimum atomic E-state index is 0.468. The van der Waals surface area contributed by atoms with Crippen LogP contribution in [0.25, 0.3) is 0 Å². The van der Waals surface area contributed by atoms with Crippen LogP contribution in [0.4, 0.5) is 17.2 Å². The Kier molecular flexibility index (Phi) is 9.84. The van der Waals surface area contributed by atoms with Crippen LogP contribution in [-0.4, -0.2) is 69.3 Å². The summed E-state index contributed by atoms with van der Waals surface area (Å²) < 4.78 is 10.4. The highest BCUT2D eigenvalue weighted by molar-refractivity contribution is 6.32. The average molecular weight is 449 g/mol. The molecule has 170 valence electrons. The maximum absolute atomic E-state index is 7.52. The van der Waals surface area contributed by atoms with Gasteiger partial charge in [0.1, 0.15) is 11.6 Å². The molecule has 1 saturated heterocycles. The number of hydrogen-bond acceptors (Lipinski definition) is 8. The Bertz CT molecular complexity index is 856. The zero-order valence-electron chi connectivity index (χ0n) is 18.7. The van der Waals surface area contributed by atoms with Crippen LogP contribution >= 0.6 is 11.6 Å². The van der Waals surface area contributed by atoms with Gasteiger partial charge in [-0.3, -0.25) is 4.90 Å². The summed E-state index contributed by atoms with van der Waals surface area (Å²) in [4.78, 5) is 8.75. The molecule has 8 nitrogen and oxygen atoms in total. The van der Waals surface area contributed by atoms with Crippen LogP contribution in [0.3, 0.4) is 0 Å². The molecule has 0 spiro atoms. The zero-order valence-corrected chi connectivity index (χ0v) is 19.5. The van der Waals surface area contributed by atoms with Crippen LogP contribution in [0.2, 0.25) is 5.02 Å². The molecule has 1 aliphatic rings. The molecule has 1 aromatic heterocycles. The van der Waals surface area contributed by atoms with Crippen LogP contribution in [0.15, 0.2) is 30.5 Å². The minimum Gasteiger partial charge on any atom is -0.495 e. The van der Waals surface area contributed by atoms with Gasteiger partial charge in [0.15, 0.2) is 0 Å². The number of aromatic nitrogens is 1. The Morgan fingerprint density at radius 1 is 1.23 bits per heavy atom. The first-order valence-corrected chi connectivity index (χ1v) is 10.6. The van der Waals surface area contributed by atoms with E-state index < -0.39 is 0 Å². The predicted octanol–water partition coefficient (Wildman–Crippen LogP) is 3.56. The van der Waals surface area contributed by atoms with E-state index in [0.717, 1.165) is 55.5 Å². The van der Waals surface area contributed by atoms with Crippen molar-refractivity contribution in [3.63, 3.8) is 0 Å². The first-order chi connectivity index (χ1) is 14.9. The number of nitrogens with zero attached hydrogens (tertiary/aromatic N) is 3. The number of ether oxygens (including phenoxy) is 2. The molecule has 2 aromatic rings. The summed E-state index contributed by atoms with van der Waals surface area (Å²) in [6.45, 7) is 9.22. The Labute approximate surface area is 189 Å². The summed E-state index contributed by atoms with van der Waals surface area (Å²) in [5.41, 5.74) is 8.56. The molecule has 1 aliphatic heterocycles. The molecule has 2 heterocycles. The number of hydrogen-bond donors (Lipinski definition) is 3. The van der Waals surface area contributed by atoms with Gasteiger partial charge in [0.25, 0.3) is 0 Å². The number of piperazine rings is 1. The van der Waals surface area contributed by atoms with Crippen molar-refractivity contribution in [2.24, 2.45) is 0 Å². The third-order valence-corrected chi connectivity index (χ3v) is 5.15. The zero-order chi connectivity index (χ0) is 22.8. The number of pyridine rings is 1. The van der Waals surface area contributed by atoms with E-state index in [1.807, 2.05) is 25.1 Å². The molecule has 0 amide bonds. The fourth-order valence-electron chi connectivity index (χ4n) is 3.24. The lowest BCUT2D eigenvalue weighted by Gasteiger charge is -2.35. The first kappa shape index (κ1) is 24.7. The van der Waals surface area contributed by atoms with Crippen molar-refractivity contribution in [2.45, 2.75) is 13.8 Å². The van der Waals surface area contributed by atoms with Gasteiger partial charge in [-0.05, 0) is 32.0 Å². The number of methoxy groups -OCH3 is 2. The molecule has 0 unspecified atom stereocenters. The Morgan fingerprint density at radius 3 is 2.52 bits per heavy atom. The maximum atomic E-state index is 7.52. The summed E-state index contributed by atoms with van der Waals surface area (Å²) in [6, 6.07) is 7.68. The van der Waals surface area contributed by atoms with Gasteiger partial charge in [0, 0.05) is 62.9 Å². The molecular formula is C22H33ClN6O2. The average Bonchev–Trinajstić information content (AvgIpc) is 2.77. The van der Waals surface area contributed by atoms with Gasteiger partial charge < -0.3 is 30.8 Å². The van der Waals surface area contributed by atoms with Crippen LogP contribution in [0.5, 0.6) is 5.75 Å². The Morgan fingerprint density at radius 2 is 1.94 bits per heavy atom. The second-order valence-electron chi connectivity index (χ2n) is 7.16. The molecule has 9 heteroatoms. The lowest BCUT2D eigenvalue weighted by Crippen LogP contribution is -2.46. The van der Waals surface area contributed by atoms with Crippen LogP contribution < -0.4 is 20.7 Å². The molecule has 1 fully saturated rings. The maximum Gasteiger partial charge on any atom is 0.139 e. The topological polar surface area (TPSA) is 99.7 Å². The van der Waals surface area contributed by atoms with Crippen molar-refractivity contribution in [1.29, 1.82) is 5.41 Å². The number of nitrogen functional groups attached to an aromatic ring is 1. The SMILES string of the molecule is CCNc1ncc(N)cc1C(C)=N.COCN1CCN(c2ccc(Cl)c(OC)c2)CC1. The van der Waals surface area contributed by atoms with Gasteiger partial charge in [-0.25, -0.2) is 4.98 Å². The van der Waals surface area contributed by atoms with E-state index in [1.165, 1.54) is 0 Å². The number of anilines is 3. The normalized spacial score (nSPS) is 13.9. The molecule has 0 radical (unpaired) electrons. The van der Waals surface area contributed by atoms with Gasteiger partial charge >= 0.3 is 0 Å². The van der Waals surface area contributed by atoms with E-state index in [2.05, 4.69) is 20.1 Å². The smallest absolute Gasteiger partial charge is 0.139 e. The summed E-state index contributed by atoms with van der Waals surface area (Å²) in [6.07, 6.45) is 1.59. The lowest BCUT2D eigenvalue weighted by atomic mass is 10.1. The van der Waals surface area contributed by atoms with Gasteiger partial charge in [-0.1, -0.05) is 11.6 Å². The first-order valence-electron chi connectivity index (χ1n) is 10.2. The number of nitrogens with two attached hydrogens (primary N) is 1. The van der Waals surface area contributed by atoms with Crippen molar-refractivity contribution in [3.8, 4) is 5.75 Å². The fraction of sp³-hybridized carbons (Fsp3) is 0.455. The largest absolute Gasteiger partial charge is 0.495 e. The van der Waals surface area contributed by atoms with E-state index in [4.69, 9.17) is 32.2 Å². The second-order valence-corrected chi connectivity index (χ2v) is 7.57. The van der Waals surface area contributed by atoms with E-state index in [0.29, 0.717) is 23.2 Å². The van der Waals surface area contributed by atoms with Crippen LogP contribution in [0, 0.1) is 5.41 Å². The molecule has 0 atom stereocenters. The third-order valence-electron chi connectivity index (χ3n) is 4.84. The molecule has 4 N–H and O–H groups in total. The van der Waals surface area contributed by atoms with Crippen molar-refractivity contribution in [1.82, 2.24) is 9.88 Å². The Balaban J connectivity index is 0.000000233. The van der Waals surface area contributed by atoms with E-state index in [9.17, 15) is 0 Å². The Hall–Kier alpha value is -2.55. The molecule has 1 aromatic carbocycles. The van der Waals surface area contributed by atoms with Crippen LogP contribution in [0.1, 0.15) is 19.4 Å². The van der Waals surface area contributed by atoms with E-state index >= 15 is 0 Å². The predicted molar refractivity (Wildman–Crippen MR) is 129 cm³/mol. The molecule has 31 heavy (non-hydrogen) atoms. The quantitative estimate of drug-likeness (QED) is 0.557. The number of benzene rings is 1. The second kappa shape index (κ2) is 12.3. The number of rotatable bonds is 7. The van der Waals surface area contributed by atoms with Gasteiger partial charge in [0.05, 0.1) is 30.7 Å². The van der Waals surface area contributed by atoms with E-state index in [1.54, 1.807) is 33.4 Å². The number of nitrogens with one attached hydrogen (secondary N) is 2. The minimum absolute atomic E-state index is 0.468. The third kappa shape index (κ3) is 7.27. The fourth-order valence-corrected chi connectivity index (χ4v) is 3.43. The highest BCUT2D eigenvalue weighted by Gasteiger charge is 2.17. The molecule has 0 saturated carbocycles. The van der Waals surface area contributed by atoms with Crippen molar-refractivity contribution in [2.75, 3.05) is 69.6 Å².